The molecule has 0 fully saturated rings. The highest BCUT2D eigenvalue weighted by Gasteiger charge is 2.31. The van der Waals surface area contributed by atoms with Gasteiger partial charge in [-0.3, -0.25) is 5.01 Å². The molecule has 0 aromatic heterocycles. The second kappa shape index (κ2) is 7.76. The van der Waals surface area contributed by atoms with E-state index in [9.17, 15) is 9.50 Å². The van der Waals surface area contributed by atoms with Crippen molar-refractivity contribution in [2.24, 2.45) is 5.10 Å². The Morgan fingerprint density at radius 3 is 2.42 bits per heavy atom. The van der Waals surface area contributed by atoms with Gasteiger partial charge in [-0.15, -0.1) is 0 Å². The molecular weight excluding hydrogens is 391 g/mol. The van der Waals surface area contributed by atoms with Gasteiger partial charge in [-0.2, -0.15) is 5.10 Å². The number of anilines is 1. The molecule has 0 amide bonds. The number of ether oxygens (including phenoxy) is 1. The zero-order chi connectivity index (χ0) is 21.4. The highest BCUT2D eigenvalue weighted by atomic mass is 19.1. The Morgan fingerprint density at radius 1 is 0.935 bits per heavy atom. The number of rotatable bonds is 4. The van der Waals surface area contributed by atoms with Crippen LogP contribution < -0.4 is 9.75 Å². The monoisotopic (exact) mass is 412 g/mol. The zero-order valence-corrected chi connectivity index (χ0v) is 17.0. The Hall–Kier alpha value is -3.86. The number of aromatic hydroxyl groups is 1. The molecule has 31 heavy (non-hydrogen) atoms. The van der Waals surface area contributed by atoms with Gasteiger partial charge in [0, 0.05) is 12.0 Å². The van der Waals surface area contributed by atoms with Crippen LogP contribution in [-0.2, 0) is 0 Å². The van der Waals surface area contributed by atoms with Crippen molar-refractivity contribution in [1.82, 2.24) is 0 Å². The first kappa shape index (κ1) is 19.1. The normalized spacial score (nSPS) is 15.9. The first-order chi connectivity index (χ1) is 15.1. The summed E-state index contributed by atoms with van der Waals surface area (Å²) in [5, 5.41) is 19.5. The summed E-state index contributed by atoms with van der Waals surface area (Å²) in [6.45, 7) is 0. The molecule has 1 atom stereocenters. The van der Waals surface area contributed by atoms with Gasteiger partial charge >= 0.3 is 0 Å². The molecule has 0 radical (unpaired) electrons. The van der Waals surface area contributed by atoms with E-state index in [0.717, 1.165) is 39.0 Å². The van der Waals surface area contributed by atoms with Crippen LogP contribution in [0, 0.1) is 5.82 Å². The molecule has 1 N–H and O–H groups in total. The van der Waals surface area contributed by atoms with Gasteiger partial charge < -0.3 is 9.84 Å². The molecule has 0 spiro atoms. The maximum Gasteiger partial charge on any atom is 0.125 e. The maximum absolute atomic E-state index is 13.5. The molecule has 154 valence electrons. The van der Waals surface area contributed by atoms with Crippen molar-refractivity contribution in [1.29, 1.82) is 0 Å². The molecule has 0 aliphatic carbocycles. The summed E-state index contributed by atoms with van der Waals surface area (Å²) < 4.78 is 18.8. The van der Waals surface area contributed by atoms with Gasteiger partial charge in [0.1, 0.15) is 17.3 Å². The van der Waals surface area contributed by atoms with Gasteiger partial charge in [-0.05, 0) is 58.8 Å². The summed E-state index contributed by atoms with van der Waals surface area (Å²) >= 11 is 0. The van der Waals surface area contributed by atoms with Gasteiger partial charge in [0.05, 0.1) is 24.6 Å². The predicted octanol–water partition coefficient (Wildman–Crippen LogP) is 6.05. The minimum Gasteiger partial charge on any atom is -0.507 e. The second-order valence-corrected chi connectivity index (χ2v) is 7.54. The Kier molecular flexibility index (Phi) is 4.79. The fraction of sp³-hybridized carbons (Fsp3) is 0.115. The van der Waals surface area contributed by atoms with Crippen molar-refractivity contribution in [3.05, 3.63) is 102 Å². The predicted molar refractivity (Wildman–Crippen MR) is 121 cm³/mol. The molecule has 5 rings (SSSR count). The van der Waals surface area contributed by atoms with Gasteiger partial charge in [-0.1, -0.05) is 42.5 Å². The number of hydrogen-bond donors (Lipinski definition) is 1. The van der Waals surface area contributed by atoms with Crippen LogP contribution in [-0.4, -0.2) is 17.9 Å². The van der Waals surface area contributed by atoms with Crippen molar-refractivity contribution in [3.63, 3.8) is 0 Å². The van der Waals surface area contributed by atoms with E-state index in [1.807, 2.05) is 59.6 Å². The Morgan fingerprint density at radius 2 is 1.68 bits per heavy atom. The number of phenolic OH excluding ortho intramolecular Hbond substituents is 1. The quantitative estimate of drug-likeness (QED) is 0.444. The molecule has 4 nitrogen and oxygen atoms in total. The van der Waals surface area contributed by atoms with Crippen molar-refractivity contribution >= 4 is 22.2 Å². The van der Waals surface area contributed by atoms with E-state index in [0.29, 0.717) is 6.42 Å². The number of methoxy groups -OCH3 is 1. The number of benzene rings is 4. The number of nitrogens with zero attached hydrogens (tertiary/aromatic N) is 2. The Labute approximate surface area is 179 Å². The lowest BCUT2D eigenvalue weighted by atomic mass is 9.94. The third-order valence-corrected chi connectivity index (χ3v) is 5.70. The van der Waals surface area contributed by atoms with Gasteiger partial charge in [0.25, 0.3) is 0 Å². The lowest BCUT2D eigenvalue weighted by Gasteiger charge is -2.24. The lowest BCUT2D eigenvalue weighted by molar-refractivity contribution is 0.414. The van der Waals surface area contributed by atoms with E-state index in [4.69, 9.17) is 9.84 Å². The summed E-state index contributed by atoms with van der Waals surface area (Å²) in [6.07, 6.45) is 0.602. The molecule has 1 heterocycles. The summed E-state index contributed by atoms with van der Waals surface area (Å²) in [6, 6.07) is 25.7. The zero-order valence-electron chi connectivity index (χ0n) is 17.0. The first-order valence-electron chi connectivity index (χ1n) is 10.1. The summed E-state index contributed by atoms with van der Waals surface area (Å²) in [7, 11) is 1.64. The number of hydrogen-bond acceptors (Lipinski definition) is 4. The van der Waals surface area contributed by atoms with Crippen molar-refractivity contribution < 1.29 is 14.2 Å². The molecule has 4 aromatic carbocycles. The highest BCUT2D eigenvalue weighted by Crippen LogP contribution is 2.40. The molecule has 1 aliphatic heterocycles. The van der Waals surface area contributed by atoms with Crippen molar-refractivity contribution in [2.75, 3.05) is 12.1 Å². The summed E-state index contributed by atoms with van der Waals surface area (Å²) in [4.78, 5) is 0. The third kappa shape index (κ3) is 3.48. The molecule has 5 heteroatoms. The van der Waals surface area contributed by atoms with E-state index >= 15 is 0 Å². The maximum atomic E-state index is 13.5. The number of halogens is 1. The molecule has 1 aliphatic rings. The fourth-order valence-electron chi connectivity index (χ4n) is 4.14. The second-order valence-electron chi connectivity index (χ2n) is 7.54. The fourth-order valence-corrected chi connectivity index (χ4v) is 4.14. The van der Waals surface area contributed by atoms with Crippen LogP contribution in [0.1, 0.15) is 23.6 Å². The summed E-state index contributed by atoms with van der Waals surface area (Å²) in [5.41, 5.74) is 3.38. The molecule has 0 bridgehead atoms. The third-order valence-electron chi connectivity index (χ3n) is 5.70. The smallest absolute Gasteiger partial charge is 0.125 e. The minimum absolute atomic E-state index is 0.0928. The van der Waals surface area contributed by atoms with Gasteiger partial charge in [0.15, 0.2) is 0 Å². The van der Waals surface area contributed by atoms with Crippen LogP contribution in [0.5, 0.6) is 11.5 Å². The minimum atomic E-state index is -0.292. The van der Waals surface area contributed by atoms with Crippen LogP contribution in [0.15, 0.2) is 90.0 Å². The average Bonchev–Trinajstić information content (AvgIpc) is 3.24. The van der Waals surface area contributed by atoms with Gasteiger partial charge in [-0.25, -0.2) is 4.39 Å². The van der Waals surface area contributed by atoms with Crippen molar-refractivity contribution in [3.8, 4) is 11.5 Å². The van der Waals surface area contributed by atoms with E-state index in [2.05, 4.69) is 0 Å². The standard InChI is InChI=1S/C26H21FN2O2/c1-31-21-13-6-18(7-14-21)24-16-23(28-29(24)20-11-9-19(27)10-12-20)26-22-5-3-2-4-17(22)8-15-25(26)30/h2-15,24,30H,16H2,1H3. The lowest BCUT2D eigenvalue weighted by Crippen LogP contribution is -2.18. The van der Waals surface area contributed by atoms with Crippen LogP contribution in [0.4, 0.5) is 10.1 Å². The largest absolute Gasteiger partial charge is 0.507 e. The number of fused-ring (bicyclic) bond motifs is 1. The topological polar surface area (TPSA) is 45.1 Å². The highest BCUT2D eigenvalue weighted by molar-refractivity contribution is 6.14. The van der Waals surface area contributed by atoms with Crippen LogP contribution in [0.25, 0.3) is 10.8 Å². The molecule has 1 unspecified atom stereocenters. The van der Waals surface area contributed by atoms with E-state index in [-0.39, 0.29) is 17.6 Å². The molecule has 4 aromatic rings. The number of phenols is 1. The Bertz CT molecular complexity index is 1270. The van der Waals surface area contributed by atoms with Crippen LogP contribution in [0.2, 0.25) is 0 Å². The van der Waals surface area contributed by atoms with E-state index in [1.165, 1.54) is 12.1 Å². The van der Waals surface area contributed by atoms with Crippen molar-refractivity contribution in [2.45, 2.75) is 12.5 Å². The van der Waals surface area contributed by atoms with Crippen LogP contribution >= 0.6 is 0 Å². The SMILES string of the molecule is COc1ccc(C2CC(c3c(O)ccc4ccccc34)=NN2c2ccc(F)cc2)cc1. The summed E-state index contributed by atoms with van der Waals surface area (Å²) in [5.74, 6) is 0.689. The Balaban J connectivity index is 1.63. The van der Waals surface area contributed by atoms with E-state index in [1.54, 1.807) is 25.3 Å². The number of hydrazone groups is 1. The van der Waals surface area contributed by atoms with Gasteiger partial charge in [0.2, 0.25) is 0 Å². The van der Waals surface area contributed by atoms with Crippen LogP contribution in [0.3, 0.4) is 0 Å². The molecule has 0 saturated carbocycles. The molecule has 0 saturated heterocycles. The first-order valence-corrected chi connectivity index (χ1v) is 10.1. The average molecular weight is 412 g/mol. The molecular formula is C26H21FN2O2. The van der Waals surface area contributed by atoms with E-state index < -0.39 is 0 Å².